The molecule has 0 atom stereocenters. The monoisotopic (exact) mass is 345 g/mol. The molecule has 8 nitrogen and oxygen atoms in total. The fourth-order valence-corrected chi connectivity index (χ4v) is 2.61. The number of nitro benzene ring substituents is 1. The Morgan fingerprint density at radius 2 is 2.13 bits per heavy atom. The second kappa shape index (κ2) is 8.09. The molecule has 23 heavy (non-hydrogen) atoms. The Kier molecular flexibility index (Phi) is 6.74. The van der Waals surface area contributed by atoms with Crippen LogP contribution in [0.1, 0.15) is 12.8 Å². The van der Waals surface area contributed by atoms with Gasteiger partial charge >= 0.3 is 0 Å². The largest absolute Gasteiger partial charge is 0.506 e. The zero-order chi connectivity index (χ0) is 16.2. The lowest BCUT2D eigenvalue weighted by molar-refractivity contribution is -0.384. The van der Waals surface area contributed by atoms with E-state index < -0.39 is 10.3 Å². The summed E-state index contributed by atoms with van der Waals surface area (Å²) in [5.74, 6) is -0.507. The Labute approximate surface area is 139 Å². The lowest BCUT2D eigenvalue weighted by atomic mass is 9.78. The molecule has 1 heterocycles. The molecule has 1 amide bonds. The number of carbonyl (C=O) groups excluding carboxylic acids is 1. The number of amides is 1. The predicted octanol–water partition coefficient (Wildman–Crippen LogP) is 1.68. The molecule has 0 unspecified atom stereocenters. The van der Waals surface area contributed by atoms with Crippen molar-refractivity contribution in [2.75, 3.05) is 32.1 Å². The molecule has 3 N–H and O–H groups in total. The highest BCUT2D eigenvalue weighted by molar-refractivity contribution is 5.97. The maximum absolute atomic E-state index is 12.6. The minimum atomic E-state index is -0.697. The minimum Gasteiger partial charge on any atom is -0.506 e. The van der Waals surface area contributed by atoms with Gasteiger partial charge in [0, 0.05) is 19.2 Å². The molecular formula is C14H20ClN3O5. The van der Waals surface area contributed by atoms with Crippen molar-refractivity contribution in [3.05, 3.63) is 28.3 Å². The highest BCUT2D eigenvalue weighted by atomic mass is 35.5. The van der Waals surface area contributed by atoms with Gasteiger partial charge in [-0.2, -0.15) is 0 Å². The van der Waals surface area contributed by atoms with E-state index >= 15 is 0 Å². The highest BCUT2D eigenvalue weighted by Gasteiger charge is 2.40. The average Bonchev–Trinajstić information content (AvgIpc) is 2.50. The third-order valence-electron chi connectivity index (χ3n) is 3.90. The number of ether oxygens (including phenoxy) is 1. The van der Waals surface area contributed by atoms with E-state index in [0.717, 1.165) is 6.07 Å². The maximum Gasteiger partial charge on any atom is 0.271 e. The van der Waals surface area contributed by atoms with Gasteiger partial charge in [-0.25, -0.2) is 0 Å². The molecule has 0 spiro atoms. The standard InChI is InChI=1S/C14H19N3O5.ClH/c1-22-9-14(4-6-15-7-5-14)13(19)16-11-8-10(17(20)21)2-3-12(11)18;/h2-3,8,15,18H,4-7,9H2,1H3,(H,16,19);1H. The maximum atomic E-state index is 12.6. The van der Waals surface area contributed by atoms with Crippen molar-refractivity contribution in [1.82, 2.24) is 5.32 Å². The number of halogens is 1. The van der Waals surface area contributed by atoms with Gasteiger partial charge in [0.2, 0.25) is 5.91 Å². The van der Waals surface area contributed by atoms with Crippen LogP contribution in [-0.2, 0) is 9.53 Å². The van der Waals surface area contributed by atoms with Crippen molar-refractivity contribution in [2.24, 2.45) is 5.41 Å². The van der Waals surface area contributed by atoms with Gasteiger partial charge < -0.3 is 20.5 Å². The number of rotatable bonds is 5. The number of carbonyl (C=O) groups is 1. The van der Waals surface area contributed by atoms with Gasteiger partial charge in [0.25, 0.3) is 5.69 Å². The van der Waals surface area contributed by atoms with Crippen LogP contribution in [0.15, 0.2) is 18.2 Å². The van der Waals surface area contributed by atoms with Crippen molar-refractivity contribution in [1.29, 1.82) is 0 Å². The molecule has 1 aliphatic heterocycles. The molecule has 0 radical (unpaired) electrons. The molecular weight excluding hydrogens is 326 g/mol. The Hall–Kier alpha value is -1.90. The lowest BCUT2D eigenvalue weighted by Gasteiger charge is -2.35. The third-order valence-corrected chi connectivity index (χ3v) is 3.90. The van der Waals surface area contributed by atoms with Crippen molar-refractivity contribution in [2.45, 2.75) is 12.8 Å². The normalized spacial score (nSPS) is 16.2. The number of nitro groups is 1. The summed E-state index contributed by atoms with van der Waals surface area (Å²) < 4.78 is 5.18. The van der Waals surface area contributed by atoms with Crippen LogP contribution in [0.4, 0.5) is 11.4 Å². The molecule has 9 heteroatoms. The van der Waals surface area contributed by atoms with Gasteiger partial charge in [-0.05, 0) is 32.0 Å². The Balaban J connectivity index is 0.00000264. The SMILES string of the molecule is COCC1(C(=O)Nc2cc([N+](=O)[O-])ccc2O)CCNCC1.Cl. The molecule has 0 saturated carbocycles. The van der Waals surface area contributed by atoms with Crippen molar-refractivity contribution in [3.63, 3.8) is 0 Å². The van der Waals surface area contributed by atoms with Crippen LogP contribution in [-0.4, -0.2) is 42.7 Å². The number of non-ortho nitro benzene ring substituents is 1. The predicted molar refractivity (Wildman–Crippen MR) is 87.1 cm³/mol. The van der Waals surface area contributed by atoms with Gasteiger partial charge in [0.05, 0.1) is 22.6 Å². The van der Waals surface area contributed by atoms with E-state index in [1.165, 1.54) is 19.2 Å². The number of anilines is 1. The number of phenols is 1. The molecule has 1 aromatic rings. The number of methoxy groups -OCH3 is 1. The number of hydrogen-bond donors (Lipinski definition) is 3. The van der Waals surface area contributed by atoms with Gasteiger partial charge in [0.15, 0.2) is 0 Å². The van der Waals surface area contributed by atoms with E-state index in [0.29, 0.717) is 25.9 Å². The minimum absolute atomic E-state index is 0. The van der Waals surface area contributed by atoms with Crippen molar-refractivity contribution in [3.8, 4) is 5.75 Å². The Morgan fingerprint density at radius 1 is 1.48 bits per heavy atom. The van der Waals surface area contributed by atoms with Gasteiger partial charge in [-0.1, -0.05) is 0 Å². The molecule has 0 aromatic heterocycles. The molecule has 1 fully saturated rings. The molecule has 2 rings (SSSR count). The molecule has 0 bridgehead atoms. The van der Waals surface area contributed by atoms with Gasteiger partial charge in [-0.3, -0.25) is 14.9 Å². The number of phenolic OH excluding ortho intramolecular Hbond substituents is 1. The molecule has 1 saturated heterocycles. The second-order valence-electron chi connectivity index (χ2n) is 5.38. The number of piperidine rings is 1. The third kappa shape index (κ3) is 4.31. The van der Waals surface area contributed by atoms with E-state index in [9.17, 15) is 20.0 Å². The van der Waals surface area contributed by atoms with E-state index in [1.807, 2.05) is 0 Å². The quantitative estimate of drug-likeness (QED) is 0.425. The summed E-state index contributed by atoms with van der Waals surface area (Å²) in [6.45, 7) is 1.64. The number of nitrogens with zero attached hydrogens (tertiary/aromatic N) is 1. The molecule has 1 aliphatic rings. The number of hydrogen-bond acceptors (Lipinski definition) is 6. The highest BCUT2D eigenvalue weighted by Crippen LogP contribution is 2.34. The summed E-state index contributed by atoms with van der Waals surface area (Å²) in [5.41, 5.74) is -0.857. The fraction of sp³-hybridized carbons (Fsp3) is 0.500. The number of benzene rings is 1. The van der Waals surface area contributed by atoms with Gasteiger partial charge in [-0.15, -0.1) is 12.4 Å². The Morgan fingerprint density at radius 3 is 2.70 bits per heavy atom. The first kappa shape index (κ1) is 19.1. The summed E-state index contributed by atoms with van der Waals surface area (Å²) in [5, 5.41) is 26.4. The van der Waals surface area contributed by atoms with Crippen molar-refractivity contribution < 1.29 is 19.6 Å². The van der Waals surface area contributed by atoms with Gasteiger partial charge in [0.1, 0.15) is 5.75 Å². The zero-order valence-electron chi connectivity index (χ0n) is 12.7. The summed E-state index contributed by atoms with van der Waals surface area (Å²) in [7, 11) is 1.53. The molecule has 128 valence electrons. The summed E-state index contributed by atoms with van der Waals surface area (Å²) in [6, 6.07) is 3.52. The summed E-state index contributed by atoms with van der Waals surface area (Å²) in [4.78, 5) is 22.8. The topological polar surface area (TPSA) is 114 Å². The summed E-state index contributed by atoms with van der Waals surface area (Å²) in [6.07, 6.45) is 1.20. The van der Waals surface area contributed by atoms with Crippen LogP contribution >= 0.6 is 12.4 Å². The fourth-order valence-electron chi connectivity index (χ4n) is 2.61. The smallest absolute Gasteiger partial charge is 0.271 e. The van der Waals surface area contributed by atoms with Crippen LogP contribution in [0.25, 0.3) is 0 Å². The summed E-state index contributed by atoms with van der Waals surface area (Å²) >= 11 is 0. The number of aromatic hydroxyl groups is 1. The van der Waals surface area contributed by atoms with Crippen LogP contribution < -0.4 is 10.6 Å². The van der Waals surface area contributed by atoms with E-state index in [2.05, 4.69) is 10.6 Å². The van der Waals surface area contributed by atoms with Crippen LogP contribution in [0.2, 0.25) is 0 Å². The number of nitrogens with one attached hydrogen (secondary N) is 2. The molecule has 0 aliphatic carbocycles. The first-order chi connectivity index (χ1) is 10.5. The molecule has 1 aromatic carbocycles. The lowest BCUT2D eigenvalue weighted by Crippen LogP contribution is -2.47. The van der Waals surface area contributed by atoms with E-state index in [4.69, 9.17) is 4.74 Å². The van der Waals surface area contributed by atoms with E-state index in [-0.39, 0.29) is 42.0 Å². The van der Waals surface area contributed by atoms with Crippen LogP contribution in [0, 0.1) is 15.5 Å². The van der Waals surface area contributed by atoms with Crippen molar-refractivity contribution >= 4 is 29.7 Å². The van der Waals surface area contributed by atoms with Crippen LogP contribution in [0.5, 0.6) is 5.75 Å². The van der Waals surface area contributed by atoms with Crippen LogP contribution in [0.3, 0.4) is 0 Å². The first-order valence-electron chi connectivity index (χ1n) is 6.97. The second-order valence-corrected chi connectivity index (χ2v) is 5.38. The Bertz CT molecular complexity index is 570. The first-order valence-corrected chi connectivity index (χ1v) is 6.97. The van der Waals surface area contributed by atoms with E-state index in [1.54, 1.807) is 0 Å². The zero-order valence-corrected chi connectivity index (χ0v) is 13.5. The average molecular weight is 346 g/mol.